The summed E-state index contributed by atoms with van der Waals surface area (Å²) < 4.78 is 10.8. The number of carbonyl (C=O) groups excluding carboxylic acids is 2. The summed E-state index contributed by atoms with van der Waals surface area (Å²) in [6.07, 6.45) is 0.870. The van der Waals surface area contributed by atoms with Crippen LogP contribution in [0.25, 0.3) is 0 Å². The smallest absolute Gasteiger partial charge is 0.347 e. The number of amides is 1. The van der Waals surface area contributed by atoms with E-state index in [1.54, 1.807) is 18.2 Å². The van der Waals surface area contributed by atoms with E-state index in [1.165, 1.54) is 5.56 Å². The van der Waals surface area contributed by atoms with Crippen molar-refractivity contribution in [1.29, 1.82) is 0 Å². The summed E-state index contributed by atoms with van der Waals surface area (Å²) in [5.74, 6) is 0.160. The lowest BCUT2D eigenvalue weighted by Crippen LogP contribution is -2.32. The van der Waals surface area contributed by atoms with Crippen LogP contribution in [0.4, 0.5) is 0 Å². The van der Waals surface area contributed by atoms with Crippen molar-refractivity contribution in [2.45, 2.75) is 32.3 Å². The van der Waals surface area contributed by atoms with Crippen LogP contribution in [0.3, 0.4) is 0 Å². The van der Waals surface area contributed by atoms with Crippen LogP contribution in [0.5, 0.6) is 5.75 Å². The summed E-state index contributed by atoms with van der Waals surface area (Å²) in [6, 6.07) is 13.4. The number of ether oxygens (including phenoxy) is 2. The van der Waals surface area contributed by atoms with E-state index >= 15 is 0 Å². The molecule has 0 fully saturated rings. The number of carbonyl (C=O) groups is 2. The van der Waals surface area contributed by atoms with Crippen molar-refractivity contribution >= 4 is 23.5 Å². The number of halogens is 1. The predicted octanol–water partition coefficient (Wildman–Crippen LogP) is 3.24. The van der Waals surface area contributed by atoms with Crippen molar-refractivity contribution in [3.8, 4) is 5.75 Å². The van der Waals surface area contributed by atoms with Crippen LogP contribution in [0.15, 0.2) is 42.5 Å². The van der Waals surface area contributed by atoms with Crippen molar-refractivity contribution in [3.05, 3.63) is 64.2 Å². The number of nitrogens with one attached hydrogen (secondary N) is 1. The number of hydrogen-bond donors (Lipinski definition) is 1. The van der Waals surface area contributed by atoms with Gasteiger partial charge in [-0.2, -0.15) is 0 Å². The number of esters is 1. The molecule has 0 radical (unpaired) electrons. The Morgan fingerprint density at radius 1 is 1.22 bits per heavy atom. The topological polar surface area (TPSA) is 64.6 Å². The second kappa shape index (κ2) is 8.91. The van der Waals surface area contributed by atoms with Crippen LogP contribution >= 0.6 is 11.6 Å². The molecule has 1 unspecified atom stereocenters. The van der Waals surface area contributed by atoms with Gasteiger partial charge in [0.2, 0.25) is 5.91 Å². The lowest BCUT2D eigenvalue weighted by atomic mass is 10.1. The minimum Gasteiger partial charge on any atom is -0.478 e. The first-order valence-electron chi connectivity index (χ1n) is 8.95. The van der Waals surface area contributed by atoms with Gasteiger partial charge in [0.05, 0.1) is 6.54 Å². The molecule has 142 valence electrons. The third-order valence-electron chi connectivity index (χ3n) is 4.39. The molecule has 1 amide bonds. The Labute approximate surface area is 163 Å². The lowest BCUT2D eigenvalue weighted by molar-refractivity contribution is -0.151. The fourth-order valence-electron chi connectivity index (χ4n) is 2.88. The molecule has 0 bridgehead atoms. The zero-order valence-electron chi connectivity index (χ0n) is 15.2. The molecule has 1 aliphatic heterocycles. The summed E-state index contributed by atoms with van der Waals surface area (Å²) >= 11 is 5.94. The number of hydrogen-bond acceptors (Lipinski definition) is 4. The van der Waals surface area contributed by atoms with Crippen LogP contribution in [0, 0.1) is 6.92 Å². The van der Waals surface area contributed by atoms with Crippen molar-refractivity contribution in [2.75, 3.05) is 13.2 Å². The van der Waals surface area contributed by atoms with Crippen LogP contribution in [-0.2, 0) is 27.2 Å². The highest BCUT2D eigenvalue weighted by Gasteiger charge is 2.30. The molecule has 1 aliphatic rings. The molecule has 3 rings (SSSR count). The summed E-state index contributed by atoms with van der Waals surface area (Å²) in [5.41, 5.74) is 3.22. The van der Waals surface area contributed by atoms with Crippen molar-refractivity contribution < 1.29 is 19.1 Å². The van der Waals surface area contributed by atoms with Gasteiger partial charge in [-0.1, -0.05) is 41.4 Å². The van der Waals surface area contributed by atoms with Gasteiger partial charge in [0.25, 0.3) is 0 Å². The number of rotatable bonds is 7. The maximum absolute atomic E-state index is 12.1. The predicted molar refractivity (Wildman–Crippen MR) is 103 cm³/mol. The van der Waals surface area contributed by atoms with Crippen LogP contribution in [0.2, 0.25) is 5.02 Å². The molecule has 2 aromatic carbocycles. The maximum Gasteiger partial charge on any atom is 0.347 e. The Bertz CT molecular complexity index is 819. The van der Waals surface area contributed by atoms with Gasteiger partial charge in [-0.15, -0.1) is 0 Å². The van der Waals surface area contributed by atoms with Gasteiger partial charge in [0, 0.05) is 17.9 Å². The van der Waals surface area contributed by atoms with Crippen molar-refractivity contribution in [3.63, 3.8) is 0 Å². The van der Waals surface area contributed by atoms with Gasteiger partial charge in [0.15, 0.2) is 6.10 Å². The van der Waals surface area contributed by atoms with Gasteiger partial charge in [-0.3, -0.25) is 4.79 Å². The molecule has 2 aromatic rings. The van der Waals surface area contributed by atoms with Crippen molar-refractivity contribution in [2.24, 2.45) is 0 Å². The Kier molecular flexibility index (Phi) is 6.35. The lowest BCUT2D eigenvalue weighted by Gasteiger charge is -2.11. The highest BCUT2D eigenvalue weighted by atomic mass is 35.5. The van der Waals surface area contributed by atoms with E-state index in [4.69, 9.17) is 21.1 Å². The van der Waals surface area contributed by atoms with Gasteiger partial charge < -0.3 is 14.8 Å². The van der Waals surface area contributed by atoms with Gasteiger partial charge in [-0.05, 0) is 42.7 Å². The zero-order valence-corrected chi connectivity index (χ0v) is 15.9. The molecule has 1 N–H and O–H groups in total. The fraction of sp³-hybridized carbons (Fsp3) is 0.333. The van der Waals surface area contributed by atoms with E-state index in [1.807, 2.05) is 31.2 Å². The third-order valence-corrected chi connectivity index (χ3v) is 4.62. The molecule has 0 aliphatic carbocycles. The second-order valence-corrected chi connectivity index (χ2v) is 7.00. The standard InChI is InChI=1S/C21H22ClNO4/c1-14-2-4-15(5-3-14)6-9-20(24)23-10-11-26-21(25)19-13-16-12-17(22)7-8-18(16)27-19/h2-5,7-8,12,19H,6,9-11,13H2,1H3,(H,23,24). The number of benzene rings is 2. The quantitative estimate of drug-likeness (QED) is 0.585. The number of fused-ring (bicyclic) bond motifs is 1. The average Bonchev–Trinajstić information content (AvgIpc) is 3.08. The summed E-state index contributed by atoms with van der Waals surface area (Å²) in [7, 11) is 0. The largest absolute Gasteiger partial charge is 0.478 e. The van der Waals surface area contributed by atoms with Crippen LogP contribution < -0.4 is 10.1 Å². The normalized spacial score (nSPS) is 15.0. The summed E-state index contributed by atoms with van der Waals surface area (Å²) in [5, 5.41) is 3.37. The van der Waals surface area contributed by atoms with E-state index in [2.05, 4.69) is 5.32 Å². The fourth-order valence-corrected chi connectivity index (χ4v) is 3.08. The average molecular weight is 388 g/mol. The highest BCUT2D eigenvalue weighted by Crippen LogP contribution is 2.31. The second-order valence-electron chi connectivity index (χ2n) is 6.57. The minimum atomic E-state index is -0.657. The van der Waals surface area contributed by atoms with Crippen molar-refractivity contribution in [1.82, 2.24) is 5.32 Å². The van der Waals surface area contributed by atoms with Gasteiger partial charge >= 0.3 is 5.97 Å². The molecule has 0 saturated carbocycles. The van der Waals surface area contributed by atoms with E-state index in [0.29, 0.717) is 30.0 Å². The Balaban J connectivity index is 1.32. The monoisotopic (exact) mass is 387 g/mol. The molecular weight excluding hydrogens is 366 g/mol. The molecular formula is C21H22ClNO4. The van der Waals surface area contributed by atoms with Crippen LogP contribution in [-0.4, -0.2) is 31.1 Å². The summed E-state index contributed by atoms with van der Waals surface area (Å²) in [4.78, 5) is 24.0. The molecule has 6 heteroatoms. The third kappa shape index (κ3) is 5.47. The first-order valence-corrected chi connectivity index (χ1v) is 9.33. The zero-order chi connectivity index (χ0) is 19.2. The molecule has 1 atom stereocenters. The van der Waals surface area contributed by atoms with Crippen LogP contribution in [0.1, 0.15) is 23.1 Å². The molecule has 0 spiro atoms. The first kappa shape index (κ1) is 19.2. The molecule has 0 saturated heterocycles. The molecule has 27 heavy (non-hydrogen) atoms. The van der Waals surface area contributed by atoms with Gasteiger partial charge in [0.1, 0.15) is 12.4 Å². The molecule has 5 nitrogen and oxygen atoms in total. The Morgan fingerprint density at radius 3 is 2.78 bits per heavy atom. The van der Waals surface area contributed by atoms with E-state index in [-0.39, 0.29) is 19.1 Å². The maximum atomic E-state index is 12.1. The molecule has 0 aromatic heterocycles. The van der Waals surface area contributed by atoms with E-state index in [9.17, 15) is 9.59 Å². The highest BCUT2D eigenvalue weighted by molar-refractivity contribution is 6.30. The Hall–Kier alpha value is -2.53. The Morgan fingerprint density at radius 2 is 2.00 bits per heavy atom. The molecule has 1 heterocycles. The first-order chi connectivity index (χ1) is 13.0. The van der Waals surface area contributed by atoms with E-state index < -0.39 is 12.1 Å². The summed E-state index contributed by atoms with van der Waals surface area (Å²) in [6.45, 7) is 2.43. The van der Waals surface area contributed by atoms with Gasteiger partial charge in [-0.25, -0.2) is 4.79 Å². The van der Waals surface area contributed by atoms with E-state index in [0.717, 1.165) is 11.1 Å². The minimum absolute atomic E-state index is 0.0641. The SMILES string of the molecule is Cc1ccc(CCC(=O)NCCOC(=O)C2Cc3cc(Cl)ccc3O2)cc1. The number of aryl methyl sites for hydroxylation is 2.